The number of Topliss-reactive ketones (excluding diaryl/α,β-unsaturated/α-hetero) is 2. The first kappa shape index (κ1) is 9.00. The first-order chi connectivity index (χ1) is 5.65. The van der Waals surface area contributed by atoms with Gasteiger partial charge in [-0.15, -0.1) is 11.6 Å². The standard InChI is InChI=1S/C8H7ClO3/c1-5-2-3-7(12-5)8(11)6(10)4-9/h2-3H,4H2,1H3. The molecule has 0 unspecified atom stereocenters. The van der Waals surface area contributed by atoms with Crippen molar-refractivity contribution in [2.24, 2.45) is 0 Å². The predicted octanol–water partition coefficient (Wildman–Crippen LogP) is 1.58. The normalized spacial score (nSPS) is 9.83. The zero-order chi connectivity index (χ0) is 9.14. The first-order valence-corrected chi connectivity index (χ1v) is 3.88. The zero-order valence-electron chi connectivity index (χ0n) is 6.46. The van der Waals surface area contributed by atoms with E-state index in [1.807, 2.05) is 0 Å². The van der Waals surface area contributed by atoms with Crippen LogP contribution in [-0.4, -0.2) is 17.4 Å². The Bertz CT molecular complexity index is 314. The van der Waals surface area contributed by atoms with Gasteiger partial charge in [0.1, 0.15) is 5.76 Å². The minimum absolute atomic E-state index is 0.0538. The molecule has 0 radical (unpaired) electrons. The molecule has 4 heteroatoms. The van der Waals surface area contributed by atoms with Gasteiger partial charge in [0.05, 0.1) is 5.88 Å². The number of hydrogen-bond acceptors (Lipinski definition) is 3. The van der Waals surface area contributed by atoms with Crippen LogP contribution in [0.1, 0.15) is 16.3 Å². The van der Waals surface area contributed by atoms with Crippen LogP contribution in [-0.2, 0) is 4.79 Å². The number of carbonyl (C=O) groups excluding carboxylic acids is 2. The number of alkyl halides is 1. The van der Waals surface area contributed by atoms with Crippen LogP contribution >= 0.6 is 11.6 Å². The van der Waals surface area contributed by atoms with E-state index in [1.54, 1.807) is 13.0 Å². The Morgan fingerprint density at radius 2 is 2.17 bits per heavy atom. The Kier molecular flexibility index (Phi) is 2.65. The highest BCUT2D eigenvalue weighted by atomic mass is 35.5. The molecule has 0 aliphatic heterocycles. The lowest BCUT2D eigenvalue weighted by atomic mass is 10.2. The van der Waals surface area contributed by atoms with Gasteiger partial charge in [-0.25, -0.2) is 0 Å². The van der Waals surface area contributed by atoms with E-state index in [1.165, 1.54) is 6.07 Å². The van der Waals surface area contributed by atoms with Gasteiger partial charge in [-0.2, -0.15) is 0 Å². The average molecular weight is 187 g/mol. The number of carbonyl (C=O) groups is 2. The molecule has 0 saturated heterocycles. The lowest BCUT2D eigenvalue weighted by Gasteiger charge is -1.90. The molecular formula is C8H7ClO3. The molecule has 0 bridgehead atoms. The number of aryl methyl sites for hydroxylation is 1. The fraction of sp³-hybridized carbons (Fsp3) is 0.250. The van der Waals surface area contributed by atoms with E-state index < -0.39 is 11.6 Å². The summed E-state index contributed by atoms with van der Waals surface area (Å²) in [5, 5.41) is 0. The van der Waals surface area contributed by atoms with E-state index in [4.69, 9.17) is 16.0 Å². The first-order valence-electron chi connectivity index (χ1n) is 3.35. The van der Waals surface area contributed by atoms with E-state index >= 15 is 0 Å². The van der Waals surface area contributed by atoms with Crippen molar-refractivity contribution in [3.8, 4) is 0 Å². The molecule has 1 aromatic heterocycles. The van der Waals surface area contributed by atoms with Crippen LogP contribution in [0, 0.1) is 6.92 Å². The van der Waals surface area contributed by atoms with Crippen LogP contribution < -0.4 is 0 Å². The van der Waals surface area contributed by atoms with E-state index in [0.717, 1.165) is 0 Å². The second-order valence-corrected chi connectivity index (χ2v) is 2.56. The molecule has 3 nitrogen and oxygen atoms in total. The van der Waals surface area contributed by atoms with Gasteiger partial charge in [0.15, 0.2) is 5.76 Å². The van der Waals surface area contributed by atoms with Gasteiger partial charge >= 0.3 is 0 Å². The molecule has 0 aliphatic rings. The molecule has 64 valence electrons. The molecule has 12 heavy (non-hydrogen) atoms. The van der Waals surface area contributed by atoms with Crippen LogP contribution in [0.4, 0.5) is 0 Å². The predicted molar refractivity (Wildman–Crippen MR) is 43.5 cm³/mol. The topological polar surface area (TPSA) is 47.3 Å². The highest BCUT2D eigenvalue weighted by molar-refractivity contribution is 6.51. The van der Waals surface area contributed by atoms with E-state index in [9.17, 15) is 9.59 Å². The van der Waals surface area contributed by atoms with Gasteiger partial charge in [-0.3, -0.25) is 9.59 Å². The van der Waals surface area contributed by atoms with Crippen molar-refractivity contribution in [1.82, 2.24) is 0 Å². The van der Waals surface area contributed by atoms with Crippen LogP contribution in [0.5, 0.6) is 0 Å². The third kappa shape index (κ3) is 1.74. The Labute approximate surface area is 74.3 Å². The average Bonchev–Trinajstić information content (AvgIpc) is 2.49. The van der Waals surface area contributed by atoms with E-state index in [0.29, 0.717) is 5.76 Å². The summed E-state index contributed by atoms with van der Waals surface area (Å²) in [5.74, 6) is -0.971. The Morgan fingerprint density at radius 1 is 1.50 bits per heavy atom. The molecule has 0 aromatic carbocycles. The minimum Gasteiger partial charge on any atom is -0.458 e. The van der Waals surface area contributed by atoms with Gasteiger partial charge in [0, 0.05) is 0 Å². The Morgan fingerprint density at radius 3 is 2.58 bits per heavy atom. The second-order valence-electron chi connectivity index (χ2n) is 2.30. The summed E-state index contributed by atoms with van der Waals surface area (Å²) in [5.41, 5.74) is 0. The SMILES string of the molecule is Cc1ccc(C(=O)C(=O)CCl)o1. The van der Waals surface area contributed by atoms with Crippen molar-refractivity contribution in [3.05, 3.63) is 23.7 Å². The van der Waals surface area contributed by atoms with Crippen molar-refractivity contribution in [3.63, 3.8) is 0 Å². The third-order valence-electron chi connectivity index (χ3n) is 1.34. The summed E-state index contributed by atoms with van der Waals surface area (Å²) in [6.45, 7) is 1.70. The molecule has 0 atom stereocenters. The zero-order valence-corrected chi connectivity index (χ0v) is 7.22. The van der Waals surface area contributed by atoms with E-state index in [-0.39, 0.29) is 11.6 Å². The number of rotatable bonds is 3. The molecule has 0 aliphatic carbocycles. The molecule has 0 spiro atoms. The van der Waals surface area contributed by atoms with Crippen molar-refractivity contribution >= 4 is 23.2 Å². The molecule has 0 amide bonds. The van der Waals surface area contributed by atoms with Crippen molar-refractivity contribution in [1.29, 1.82) is 0 Å². The van der Waals surface area contributed by atoms with Gasteiger partial charge in [0.25, 0.3) is 5.78 Å². The fourth-order valence-electron chi connectivity index (χ4n) is 0.755. The number of ketones is 2. The lowest BCUT2D eigenvalue weighted by Crippen LogP contribution is -2.14. The molecule has 1 heterocycles. The lowest BCUT2D eigenvalue weighted by molar-refractivity contribution is -0.113. The van der Waals surface area contributed by atoms with Crippen molar-refractivity contribution < 1.29 is 14.0 Å². The number of furan rings is 1. The van der Waals surface area contributed by atoms with Crippen LogP contribution in [0.2, 0.25) is 0 Å². The maximum atomic E-state index is 11.1. The molecule has 1 rings (SSSR count). The molecule has 0 saturated carbocycles. The van der Waals surface area contributed by atoms with Crippen molar-refractivity contribution in [2.45, 2.75) is 6.92 Å². The quantitative estimate of drug-likeness (QED) is 0.409. The minimum atomic E-state index is -0.668. The largest absolute Gasteiger partial charge is 0.458 e. The van der Waals surface area contributed by atoms with Crippen LogP contribution in [0.25, 0.3) is 0 Å². The third-order valence-corrected chi connectivity index (χ3v) is 1.58. The second kappa shape index (κ2) is 3.54. The monoisotopic (exact) mass is 186 g/mol. The summed E-state index contributed by atoms with van der Waals surface area (Å²) in [6, 6.07) is 3.08. The Hall–Kier alpha value is -1.09. The molecule has 0 fully saturated rings. The van der Waals surface area contributed by atoms with Gasteiger partial charge in [-0.05, 0) is 19.1 Å². The van der Waals surface area contributed by atoms with Crippen molar-refractivity contribution in [2.75, 3.05) is 5.88 Å². The number of hydrogen-bond donors (Lipinski definition) is 0. The van der Waals surface area contributed by atoms with Crippen LogP contribution in [0.3, 0.4) is 0 Å². The van der Waals surface area contributed by atoms with Crippen LogP contribution in [0.15, 0.2) is 16.5 Å². The van der Waals surface area contributed by atoms with E-state index in [2.05, 4.69) is 0 Å². The Balaban J connectivity index is 2.85. The highest BCUT2D eigenvalue weighted by Crippen LogP contribution is 2.07. The summed E-state index contributed by atoms with van der Waals surface area (Å²) in [4.78, 5) is 21.8. The smallest absolute Gasteiger partial charge is 0.264 e. The summed E-state index contributed by atoms with van der Waals surface area (Å²) < 4.78 is 4.94. The molecule has 1 aromatic rings. The summed E-state index contributed by atoms with van der Waals surface area (Å²) in [7, 11) is 0. The van der Waals surface area contributed by atoms with Gasteiger partial charge in [0.2, 0.25) is 5.78 Å². The summed E-state index contributed by atoms with van der Waals surface area (Å²) in [6.07, 6.45) is 0. The summed E-state index contributed by atoms with van der Waals surface area (Å²) >= 11 is 5.19. The molecular weight excluding hydrogens is 180 g/mol. The highest BCUT2D eigenvalue weighted by Gasteiger charge is 2.17. The van der Waals surface area contributed by atoms with Gasteiger partial charge < -0.3 is 4.42 Å². The fourth-order valence-corrected chi connectivity index (χ4v) is 0.876. The number of halogens is 1. The maximum Gasteiger partial charge on any atom is 0.264 e. The van der Waals surface area contributed by atoms with Gasteiger partial charge in [-0.1, -0.05) is 0 Å². The molecule has 0 N–H and O–H groups in total. The maximum absolute atomic E-state index is 11.1.